The molecular formula is C14H18BrNOS. The summed E-state index contributed by atoms with van der Waals surface area (Å²) in [7, 11) is 0. The molecule has 2 aromatic heterocycles. The molecule has 0 saturated heterocycles. The Morgan fingerprint density at radius 1 is 1.39 bits per heavy atom. The van der Waals surface area contributed by atoms with E-state index >= 15 is 0 Å². The molecule has 1 unspecified atom stereocenters. The maximum Gasteiger partial charge on any atom is 0.125 e. The minimum atomic E-state index is 0.160. The SMILES string of the molecule is CCCNC(c1csc(Br)c1)c1ccc(CC)o1. The lowest BCUT2D eigenvalue weighted by molar-refractivity contribution is 0.422. The fraction of sp³-hybridized carbons (Fsp3) is 0.429. The second-order valence-electron chi connectivity index (χ2n) is 4.23. The predicted molar refractivity (Wildman–Crippen MR) is 80.2 cm³/mol. The van der Waals surface area contributed by atoms with Crippen LogP contribution in [0, 0.1) is 0 Å². The summed E-state index contributed by atoms with van der Waals surface area (Å²) in [6.07, 6.45) is 2.05. The normalized spacial score (nSPS) is 12.8. The van der Waals surface area contributed by atoms with Crippen molar-refractivity contribution >= 4 is 27.3 Å². The second-order valence-corrected chi connectivity index (χ2v) is 6.52. The second kappa shape index (κ2) is 6.55. The summed E-state index contributed by atoms with van der Waals surface area (Å²) in [5, 5.41) is 5.72. The van der Waals surface area contributed by atoms with Crippen molar-refractivity contribution in [1.82, 2.24) is 5.32 Å². The fourth-order valence-electron chi connectivity index (χ4n) is 1.89. The van der Waals surface area contributed by atoms with Crippen molar-refractivity contribution in [3.63, 3.8) is 0 Å². The first kappa shape index (κ1) is 13.8. The molecular weight excluding hydrogens is 310 g/mol. The molecule has 0 amide bonds. The zero-order chi connectivity index (χ0) is 13.0. The van der Waals surface area contributed by atoms with Crippen LogP contribution < -0.4 is 5.32 Å². The van der Waals surface area contributed by atoms with Crippen LogP contribution in [-0.4, -0.2) is 6.54 Å². The van der Waals surface area contributed by atoms with Crippen LogP contribution in [0.2, 0.25) is 0 Å². The van der Waals surface area contributed by atoms with E-state index in [0.717, 1.165) is 34.7 Å². The number of rotatable bonds is 6. The van der Waals surface area contributed by atoms with E-state index in [1.807, 2.05) is 0 Å². The summed E-state index contributed by atoms with van der Waals surface area (Å²) in [6, 6.07) is 6.47. The summed E-state index contributed by atoms with van der Waals surface area (Å²) >= 11 is 5.23. The molecule has 0 saturated carbocycles. The third-order valence-corrected chi connectivity index (χ3v) is 4.36. The topological polar surface area (TPSA) is 25.2 Å². The van der Waals surface area contributed by atoms with Gasteiger partial charge in [0.15, 0.2) is 0 Å². The summed E-state index contributed by atoms with van der Waals surface area (Å²) < 4.78 is 7.04. The Balaban J connectivity index is 2.24. The van der Waals surface area contributed by atoms with E-state index in [0.29, 0.717) is 0 Å². The van der Waals surface area contributed by atoms with E-state index in [1.54, 1.807) is 11.3 Å². The minimum Gasteiger partial charge on any atom is -0.464 e. The minimum absolute atomic E-state index is 0.160. The first-order chi connectivity index (χ1) is 8.74. The molecule has 4 heteroatoms. The molecule has 0 radical (unpaired) electrons. The van der Waals surface area contributed by atoms with Crippen molar-refractivity contribution in [2.75, 3.05) is 6.54 Å². The van der Waals surface area contributed by atoms with Crippen LogP contribution in [-0.2, 0) is 6.42 Å². The molecule has 2 nitrogen and oxygen atoms in total. The fourth-order valence-corrected chi connectivity index (χ4v) is 3.09. The van der Waals surface area contributed by atoms with Gasteiger partial charge in [0, 0.05) is 6.42 Å². The van der Waals surface area contributed by atoms with Crippen LogP contribution in [0.4, 0.5) is 0 Å². The average Bonchev–Trinajstić information content (AvgIpc) is 2.99. The maximum atomic E-state index is 5.88. The van der Waals surface area contributed by atoms with Gasteiger partial charge in [-0.1, -0.05) is 13.8 Å². The Bertz CT molecular complexity index is 491. The van der Waals surface area contributed by atoms with Gasteiger partial charge in [-0.15, -0.1) is 11.3 Å². The van der Waals surface area contributed by atoms with Crippen molar-refractivity contribution in [3.05, 3.63) is 44.4 Å². The molecule has 18 heavy (non-hydrogen) atoms. The van der Waals surface area contributed by atoms with Gasteiger partial charge in [0.1, 0.15) is 11.5 Å². The van der Waals surface area contributed by atoms with Gasteiger partial charge in [-0.25, -0.2) is 0 Å². The number of hydrogen-bond donors (Lipinski definition) is 1. The van der Waals surface area contributed by atoms with Crippen molar-refractivity contribution in [1.29, 1.82) is 0 Å². The summed E-state index contributed by atoms with van der Waals surface area (Å²) in [5.74, 6) is 2.05. The summed E-state index contributed by atoms with van der Waals surface area (Å²) in [6.45, 7) is 5.27. The highest BCUT2D eigenvalue weighted by Gasteiger charge is 2.18. The number of halogens is 1. The highest BCUT2D eigenvalue weighted by atomic mass is 79.9. The zero-order valence-corrected chi connectivity index (χ0v) is 13.1. The highest BCUT2D eigenvalue weighted by molar-refractivity contribution is 9.11. The average molecular weight is 328 g/mol. The molecule has 0 bridgehead atoms. The maximum absolute atomic E-state index is 5.88. The van der Waals surface area contributed by atoms with Crippen LogP contribution in [0.15, 0.2) is 31.8 Å². The Hall–Kier alpha value is -0.580. The third-order valence-electron chi connectivity index (χ3n) is 2.83. The van der Waals surface area contributed by atoms with Gasteiger partial charge in [0.2, 0.25) is 0 Å². The Morgan fingerprint density at radius 2 is 2.22 bits per heavy atom. The molecule has 2 rings (SSSR count). The molecule has 1 atom stereocenters. The van der Waals surface area contributed by atoms with Crippen molar-refractivity contribution in [2.24, 2.45) is 0 Å². The smallest absolute Gasteiger partial charge is 0.125 e. The van der Waals surface area contributed by atoms with Crippen molar-refractivity contribution < 1.29 is 4.42 Å². The zero-order valence-electron chi connectivity index (χ0n) is 10.7. The molecule has 1 N–H and O–H groups in total. The van der Waals surface area contributed by atoms with Gasteiger partial charge < -0.3 is 9.73 Å². The van der Waals surface area contributed by atoms with Gasteiger partial charge in [-0.3, -0.25) is 0 Å². The molecule has 0 aliphatic carbocycles. The summed E-state index contributed by atoms with van der Waals surface area (Å²) in [4.78, 5) is 0. The Labute approximate surface area is 121 Å². The highest BCUT2D eigenvalue weighted by Crippen LogP contribution is 2.30. The van der Waals surface area contributed by atoms with Crippen LogP contribution in [0.1, 0.15) is 43.4 Å². The van der Waals surface area contributed by atoms with Crippen LogP contribution in [0.3, 0.4) is 0 Å². The van der Waals surface area contributed by atoms with Crippen LogP contribution in [0.25, 0.3) is 0 Å². The predicted octanol–water partition coefficient (Wildman–Crippen LogP) is 4.76. The standard InChI is InChI=1S/C14H18BrNOS/c1-3-7-16-14(10-8-13(15)18-9-10)12-6-5-11(4-2)17-12/h5-6,8-9,14,16H,3-4,7H2,1-2H3. The first-order valence-corrected chi connectivity index (χ1v) is 7.97. The van der Waals surface area contributed by atoms with E-state index in [1.165, 1.54) is 5.56 Å². The van der Waals surface area contributed by atoms with E-state index < -0.39 is 0 Å². The number of aryl methyl sites for hydroxylation is 1. The number of furan rings is 1. The number of thiophene rings is 1. The van der Waals surface area contributed by atoms with Crippen LogP contribution >= 0.6 is 27.3 Å². The Morgan fingerprint density at radius 3 is 2.78 bits per heavy atom. The van der Waals surface area contributed by atoms with Crippen molar-refractivity contribution in [3.8, 4) is 0 Å². The quantitative estimate of drug-likeness (QED) is 0.827. The van der Waals surface area contributed by atoms with Crippen LogP contribution in [0.5, 0.6) is 0 Å². The van der Waals surface area contributed by atoms with E-state index in [2.05, 4.69) is 58.7 Å². The molecule has 0 aliphatic rings. The van der Waals surface area contributed by atoms with Gasteiger partial charge >= 0.3 is 0 Å². The monoisotopic (exact) mass is 327 g/mol. The molecule has 0 spiro atoms. The van der Waals surface area contributed by atoms with Gasteiger partial charge in [-0.2, -0.15) is 0 Å². The largest absolute Gasteiger partial charge is 0.464 e. The molecule has 2 heterocycles. The van der Waals surface area contributed by atoms with Crippen molar-refractivity contribution in [2.45, 2.75) is 32.7 Å². The first-order valence-electron chi connectivity index (χ1n) is 6.30. The van der Waals surface area contributed by atoms with Gasteiger partial charge in [0.25, 0.3) is 0 Å². The lowest BCUT2D eigenvalue weighted by Gasteiger charge is -2.15. The summed E-state index contributed by atoms with van der Waals surface area (Å²) in [5.41, 5.74) is 1.26. The Kier molecular flexibility index (Phi) is 5.03. The number of nitrogens with one attached hydrogen (secondary N) is 1. The lowest BCUT2D eigenvalue weighted by Crippen LogP contribution is -2.22. The molecule has 0 fully saturated rings. The van der Waals surface area contributed by atoms with E-state index in [9.17, 15) is 0 Å². The molecule has 98 valence electrons. The van der Waals surface area contributed by atoms with E-state index in [4.69, 9.17) is 4.42 Å². The molecule has 0 aliphatic heterocycles. The molecule has 0 aromatic carbocycles. The van der Waals surface area contributed by atoms with Gasteiger partial charge in [0.05, 0.1) is 9.83 Å². The van der Waals surface area contributed by atoms with Gasteiger partial charge in [-0.05, 0) is 58.0 Å². The number of hydrogen-bond acceptors (Lipinski definition) is 3. The lowest BCUT2D eigenvalue weighted by atomic mass is 10.1. The third kappa shape index (κ3) is 3.25. The van der Waals surface area contributed by atoms with E-state index in [-0.39, 0.29) is 6.04 Å². The molecule has 2 aromatic rings.